The monoisotopic (exact) mass is 348 g/mol. The van der Waals surface area contributed by atoms with E-state index in [2.05, 4.69) is 9.72 Å². The Kier molecular flexibility index (Phi) is 5.10. The number of fused-ring (bicyclic) bond motifs is 1. The van der Waals surface area contributed by atoms with Crippen LogP contribution in [0.3, 0.4) is 0 Å². The molecule has 0 atom stereocenters. The third-order valence-corrected chi connectivity index (χ3v) is 3.46. The van der Waals surface area contributed by atoms with Gasteiger partial charge in [0.25, 0.3) is 0 Å². The number of esters is 2. The molecule has 0 bridgehead atoms. The van der Waals surface area contributed by atoms with E-state index in [4.69, 9.17) is 9.47 Å². The molecule has 1 aromatic carbocycles. The van der Waals surface area contributed by atoms with Gasteiger partial charge in [0, 0.05) is 0 Å². The van der Waals surface area contributed by atoms with Gasteiger partial charge in [-0.2, -0.15) is 4.73 Å². The molecule has 8 nitrogen and oxygen atoms in total. The van der Waals surface area contributed by atoms with Crippen LogP contribution < -0.4 is 9.47 Å². The average molecular weight is 348 g/mol. The first kappa shape index (κ1) is 18.4. The fourth-order valence-electron chi connectivity index (χ4n) is 2.07. The van der Waals surface area contributed by atoms with Crippen LogP contribution >= 0.6 is 0 Å². The van der Waals surface area contributed by atoms with E-state index in [1.807, 2.05) is 0 Å². The van der Waals surface area contributed by atoms with E-state index >= 15 is 0 Å². The van der Waals surface area contributed by atoms with E-state index in [9.17, 15) is 14.8 Å². The molecule has 0 N–H and O–H groups in total. The highest BCUT2D eigenvalue weighted by Gasteiger charge is 2.30. The molecule has 0 aliphatic heterocycles. The maximum absolute atomic E-state index is 12.6. The molecule has 0 amide bonds. The molecule has 8 heteroatoms. The van der Waals surface area contributed by atoms with Gasteiger partial charge >= 0.3 is 17.6 Å². The zero-order chi connectivity index (χ0) is 18.8. The zero-order valence-electron chi connectivity index (χ0n) is 14.8. The summed E-state index contributed by atoms with van der Waals surface area (Å²) in [5, 5.41) is 12.6. The van der Waals surface area contributed by atoms with Crippen molar-refractivity contribution in [3.8, 4) is 5.75 Å². The molecule has 134 valence electrons. The summed E-state index contributed by atoms with van der Waals surface area (Å²) in [6.07, 6.45) is 0. The van der Waals surface area contributed by atoms with Gasteiger partial charge in [0.2, 0.25) is 5.52 Å². The number of hydrogen-bond acceptors (Lipinski definition) is 7. The van der Waals surface area contributed by atoms with Gasteiger partial charge in [0.05, 0.1) is 25.7 Å². The first-order valence-corrected chi connectivity index (χ1v) is 7.54. The van der Waals surface area contributed by atoms with Gasteiger partial charge in [-0.1, -0.05) is 0 Å². The summed E-state index contributed by atoms with van der Waals surface area (Å²) < 4.78 is 15.4. The Morgan fingerprint density at radius 1 is 1.24 bits per heavy atom. The average Bonchev–Trinajstić information content (AvgIpc) is 2.57. The number of methoxy groups -OCH3 is 2. The largest absolute Gasteiger partial charge is 0.618 e. The van der Waals surface area contributed by atoms with Crippen LogP contribution in [-0.4, -0.2) is 31.1 Å². The number of aromatic nitrogens is 2. The van der Waals surface area contributed by atoms with Crippen molar-refractivity contribution in [2.24, 2.45) is 5.41 Å². The summed E-state index contributed by atoms with van der Waals surface area (Å²) in [5.41, 5.74) is -0.540. The first-order chi connectivity index (χ1) is 11.7. The van der Waals surface area contributed by atoms with E-state index in [1.54, 1.807) is 32.9 Å². The SMILES string of the molecule is COC(=O)c1c(COC(=O)C(C)(C)C)nc2ccc(OC)cc2[n+]1[O-]. The Labute approximate surface area is 144 Å². The van der Waals surface area contributed by atoms with Gasteiger partial charge in [0.15, 0.2) is 5.69 Å². The van der Waals surface area contributed by atoms with Crippen molar-refractivity contribution >= 4 is 23.0 Å². The summed E-state index contributed by atoms with van der Waals surface area (Å²) in [5.74, 6) is -0.895. The number of nitrogens with zero attached hydrogens (tertiary/aromatic N) is 2. The first-order valence-electron chi connectivity index (χ1n) is 7.54. The summed E-state index contributed by atoms with van der Waals surface area (Å²) in [7, 11) is 2.62. The second-order valence-corrected chi connectivity index (χ2v) is 6.37. The van der Waals surface area contributed by atoms with Crippen LogP contribution in [0.25, 0.3) is 11.0 Å². The number of benzene rings is 1. The van der Waals surface area contributed by atoms with Crippen LogP contribution in [0.2, 0.25) is 0 Å². The Bertz CT molecular complexity index is 826. The number of ether oxygens (including phenoxy) is 3. The maximum Gasteiger partial charge on any atom is 0.406 e. The van der Waals surface area contributed by atoms with E-state index in [0.717, 1.165) is 7.11 Å². The molecule has 0 spiro atoms. The number of carbonyl (C=O) groups is 2. The Morgan fingerprint density at radius 2 is 1.92 bits per heavy atom. The predicted molar refractivity (Wildman–Crippen MR) is 87.8 cm³/mol. The fourth-order valence-corrected chi connectivity index (χ4v) is 2.07. The molecule has 1 heterocycles. The van der Waals surface area contributed by atoms with Crippen LogP contribution in [0, 0.1) is 10.6 Å². The molecule has 0 saturated carbocycles. The van der Waals surface area contributed by atoms with E-state index < -0.39 is 17.4 Å². The third kappa shape index (κ3) is 3.78. The van der Waals surface area contributed by atoms with Crippen LogP contribution in [0.15, 0.2) is 18.2 Å². The Hall–Kier alpha value is -2.90. The van der Waals surface area contributed by atoms with Crippen molar-refractivity contribution in [3.05, 3.63) is 34.8 Å². The zero-order valence-corrected chi connectivity index (χ0v) is 14.8. The number of rotatable bonds is 4. The predicted octanol–water partition coefficient (Wildman–Crippen LogP) is 1.75. The third-order valence-electron chi connectivity index (χ3n) is 3.46. The lowest BCUT2D eigenvalue weighted by Gasteiger charge is -2.17. The molecule has 2 aromatic rings. The molecule has 25 heavy (non-hydrogen) atoms. The molecule has 0 fully saturated rings. The molecule has 0 saturated heterocycles. The maximum atomic E-state index is 12.6. The minimum atomic E-state index is -0.867. The molecular formula is C17H20N2O6. The van der Waals surface area contributed by atoms with Gasteiger partial charge in [-0.3, -0.25) is 4.79 Å². The van der Waals surface area contributed by atoms with Crippen LogP contribution in [0.1, 0.15) is 37.0 Å². The number of hydrogen-bond donors (Lipinski definition) is 0. The minimum absolute atomic E-state index is 0.0251. The van der Waals surface area contributed by atoms with Crippen molar-refractivity contribution < 1.29 is 28.5 Å². The lowest BCUT2D eigenvalue weighted by atomic mass is 9.97. The Morgan fingerprint density at radius 3 is 2.48 bits per heavy atom. The lowest BCUT2D eigenvalue weighted by Crippen LogP contribution is -2.39. The van der Waals surface area contributed by atoms with Gasteiger partial charge in [-0.25, -0.2) is 9.78 Å². The normalized spacial score (nSPS) is 11.2. The molecule has 2 rings (SSSR count). The molecular weight excluding hydrogens is 328 g/mol. The molecule has 1 aromatic heterocycles. The topological polar surface area (TPSA) is 102 Å². The highest BCUT2D eigenvalue weighted by Crippen LogP contribution is 2.20. The second kappa shape index (κ2) is 6.92. The highest BCUT2D eigenvalue weighted by molar-refractivity contribution is 5.88. The van der Waals surface area contributed by atoms with Crippen LogP contribution in [0.4, 0.5) is 0 Å². The second-order valence-electron chi connectivity index (χ2n) is 6.37. The summed E-state index contributed by atoms with van der Waals surface area (Å²) >= 11 is 0. The van der Waals surface area contributed by atoms with Crippen molar-refractivity contribution in [1.29, 1.82) is 0 Å². The van der Waals surface area contributed by atoms with Crippen LogP contribution in [0.5, 0.6) is 5.75 Å². The van der Waals surface area contributed by atoms with E-state index in [-0.39, 0.29) is 23.5 Å². The van der Waals surface area contributed by atoms with Crippen molar-refractivity contribution in [1.82, 2.24) is 4.98 Å². The molecule has 0 aliphatic carbocycles. The van der Waals surface area contributed by atoms with Gasteiger partial charge in [-0.05, 0) is 32.9 Å². The van der Waals surface area contributed by atoms with E-state index in [0.29, 0.717) is 16.0 Å². The van der Waals surface area contributed by atoms with Crippen molar-refractivity contribution in [2.75, 3.05) is 14.2 Å². The highest BCUT2D eigenvalue weighted by atomic mass is 16.5. The smallest absolute Gasteiger partial charge is 0.406 e. The minimum Gasteiger partial charge on any atom is -0.618 e. The molecule has 0 unspecified atom stereocenters. The van der Waals surface area contributed by atoms with Crippen molar-refractivity contribution in [3.63, 3.8) is 0 Å². The fraction of sp³-hybridized carbons (Fsp3) is 0.412. The summed E-state index contributed by atoms with van der Waals surface area (Å²) in [6, 6.07) is 4.68. The van der Waals surface area contributed by atoms with Gasteiger partial charge in [-0.15, -0.1) is 0 Å². The van der Waals surface area contributed by atoms with Gasteiger partial charge < -0.3 is 19.4 Å². The van der Waals surface area contributed by atoms with E-state index in [1.165, 1.54) is 13.2 Å². The van der Waals surface area contributed by atoms with Crippen LogP contribution in [-0.2, 0) is 20.9 Å². The van der Waals surface area contributed by atoms with Crippen molar-refractivity contribution in [2.45, 2.75) is 27.4 Å². The summed E-state index contributed by atoms with van der Waals surface area (Å²) in [4.78, 5) is 28.3. The molecule has 0 radical (unpaired) electrons. The summed E-state index contributed by atoms with van der Waals surface area (Å²) in [6.45, 7) is 4.78. The number of carbonyl (C=O) groups excluding carboxylic acids is 2. The quantitative estimate of drug-likeness (QED) is 0.471. The lowest BCUT2D eigenvalue weighted by molar-refractivity contribution is -0.581. The standard InChI is InChI=1S/C17H20N2O6/c1-17(2,3)16(21)25-9-12-14(15(20)24-5)19(22)13-8-10(23-4)6-7-11(13)18-12/h6-8H,9H2,1-5H3. The Balaban J connectivity index is 2.54. The van der Waals surface area contributed by atoms with Gasteiger partial charge in [0.1, 0.15) is 17.9 Å². The molecule has 0 aliphatic rings.